The van der Waals surface area contributed by atoms with E-state index in [0.717, 1.165) is 0 Å². The summed E-state index contributed by atoms with van der Waals surface area (Å²) in [6, 6.07) is 4.04. The highest BCUT2D eigenvalue weighted by molar-refractivity contribution is 7.91. The molecule has 0 spiro atoms. The first-order chi connectivity index (χ1) is 9.36. The number of hydrogen-bond donors (Lipinski definition) is 2. The summed E-state index contributed by atoms with van der Waals surface area (Å²) < 4.78 is 29.4. The van der Waals surface area contributed by atoms with E-state index in [2.05, 4.69) is 0 Å². The van der Waals surface area contributed by atoms with Gasteiger partial charge in [-0.25, -0.2) is 17.8 Å². The van der Waals surface area contributed by atoms with E-state index in [1.165, 1.54) is 31.5 Å². The number of fused-ring (bicyclic) bond motifs is 1. The molecule has 7 nitrogen and oxygen atoms in total. The second-order valence-corrected chi connectivity index (χ2v) is 6.28. The smallest absolute Gasteiger partial charge is 0.418 e. The highest BCUT2D eigenvalue weighted by Crippen LogP contribution is 2.29. The molecule has 0 unspecified atom stereocenters. The van der Waals surface area contributed by atoms with Crippen LogP contribution < -0.4 is 0 Å². The van der Waals surface area contributed by atoms with Crippen LogP contribution in [0.5, 0.6) is 5.88 Å². The minimum atomic E-state index is -3.50. The molecule has 0 saturated heterocycles. The topological polar surface area (TPSA) is 106 Å². The second kappa shape index (κ2) is 5.14. The molecule has 0 fully saturated rings. The third-order valence-electron chi connectivity index (χ3n) is 2.88. The van der Waals surface area contributed by atoms with Crippen molar-refractivity contribution in [2.75, 3.05) is 19.5 Å². The molecular weight excluding hydrogens is 286 g/mol. The first-order valence-electron chi connectivity index (χ1n) is 5.66. The SMILES string of the molecule is COCCS(=O)(=O)c1ccc2c(O)n(C(=O)O)cc2c1. The van der Waals surface area contributed by atoms with Crippen molar-refractivity contribution < 1.29 is 28.2 Å². The van der Waals surface area contributed by atoms with Crippen molar-refractivity contribution in [1.82, 2.24) is 4.57 Å². The van der Waals surface area contributed by atoms with Gasteiger partial charge in [0.2, 0.25) is 5.88 Å². The molecule has 1 aromatic heterocycles. The Bertz CT molecular complexity index is 762. The first-order valence-corrected chi connectivity index (χ1v) is 7.31. The van der Waals surface area contributed by atoms with E-state index in [9.17, 15) is 18.3 Å². The number of ether oxygens (including phenoxy) is 1. The van der Waals surface area contributed by atoms with Crippen molar-refractivity contribution in [2.24, 2.45) is 0 Å². The molecule has 2 rings (SSSR count). The van der Waals surface area contributed by atoms with Crippen molar-refractivity contribution in [3.63, 3.8) is 0 Å². The van der Waals surface area contributed by atoms with Crippen LogP contribution in [0.25, 0.3) is 10.8 Å². The third-order valence-corrected chi connectivity index (χ3v) is 4.56. The van der Waals surface area contributed by atoms with E-state index in [0.29, 0.717) is 9.95 Å². The van der Waals surface area contributed by atoms with E-state index >= 15 is 0 Å². The first kappa shape index (κ1) is 14.4. The average Bonchev–Trinajstić information content (AvgIpc) is 2.73. The highest BCUT2D eigenvalue weighted by atomic mass is 32.2. The summed E-state index contributed by atoms with van der Waals surface area (Å²) >= 11 is 0. The summed E-state index contributed by atoms with van der Waals surface area (Å²) in [5.74, 6) is -0.603. The number of benzene rings is 1. The van der Waals surface area contributed by atoms with Gasteiger partial charge in [-0.3, -0.25) is 0 Å². The van der Waals surface area contributed by atoms with Gasteiger partial charge in [-0.15, -0.1) is 0 Å². The molecule has 108 valence electrons. The largest absolute Gasteiger partial charge is 0.494 e. The number of rotatable bonds is 4. The average molecular weight is 299 g/mol. The zero-order valence-electron chi connectivity index (χ0n) is 10.6. The minimum Gasteiger partial charge on any atom is -0.494 e. The van der Waals surface area contributed by atoms with Gasteiger partial charge >= 0.3 is 6.09 Å². The van der Waals surface area contributed by atoms with E-state index in [-0.39, 0.29) is 22.6 Å². The molecule has 2 N–H and O–H groups in total. The van der Waals surface area contributed by atoms with E-state index in [1.54, 1.807) is 0 Å². The number of carbonyl (C=O) groups is 1. The molecule has 0 bridgehead atoms. The molecule has 20 heavy (non-hydrogen) atoms. The molecule has 1 aromatic carbocycles. The predicted octanol–water partition coefficient (Wildman–Crippen LogP) is 1.29. The maximum Gasteiger partial charge on any atom is 0.418 e. The third kappa shape index (κ3) is 2.47. The standard InChI is InChI=1S/C12H13NO6S/c1-19-4-5-20(17,18)9-2-3-10-8(6-9)7-13(11(10)14)12(15)16/h2-3,6-7,14H,4-5H2,1H3,(H,15,16). The Morgan fingerprint density at radius 3 is 2.70 bits per heavy atom. The summed E-state index contributed by atoms with van der Waals surface area (Å²) in [6.45, 7) is 0.0712. The Morgan fingerprint density at radius 1 is 1.40 bits per heavy atom. The van der Waals surface area contributed by atoms with Gasteiger partial charge in [-0.2, -0.15) is 0 Å². The van der Waals surface area contributed by atoms with Gasteiger partial charge in [-0.05, 0) is 18.2 Å². The molecule has 2 aromatic rings. The van der Waals surface area contributed by atoms with Crippen molar-refractivity contribution in [3.05, 3.63) is 24.4 Å². The van der Waals surface area contributed by atoms with E-state index in [4.69, 9.17) is 9.84 Å². The highest BCUT2D eigenvalue weighted by Gasteiger charge is 2.18. The van der Waals surface area contributed by atoms with Crippen LogP contribution in [0.3, 0.4) is 0 Å². The molecule has 0 aliphatic rings. The second-order valence-electron chi connectivity index (χ2n) is 4.17. The van der Waals surface area contributed by atoms with Crippen molar-refractivity contribution >= 4 is 26.7 Å². The van der Waals surface area contributed by atoms with Gasteiger partial charge in [0, 0.05) is 24.1 Å². The molecule has 1 heterocycles. The summed E-state index contributed by atoms with van der Waals surface area (Å²) in [5, 5.41) is 19.2. The van der Waals surface area contributed by atoms with Crippen molar-refractivity contribution in [3.8, 4) is 5.88 Å². The van der Waals surface area contributed by atoms with Gasteiger partial charge in [0.15, 0.2) is 9.84 Å². The number of methoxy groups -OCH3 is 1. The number of nitrogens with zero attached hydrogens (tertiary/aromatic N) is 1. The molecule has 0 aliphatic carbocycles. The van der Waals surface area contributed by atoms with Gasteiger partial charge in [0.1, 0.15) is 0 Å². The zero-order valence-corrected chi connectivity index (χ0v) is 11.4. The minimum absolute atomic E-state index is 0.0598. The molecule has 0 atom stereocenters. The molecule has 8 heteroatoms. The van der Waals surface area contributed by atoms with Crippen molar-refractivity contribution in [1.29, 1.82) is 0 Å². The molecule has 0 amide bonds. The predicted molar refractivity (Wildman–Crippen MR) is 71.0 cm³/mol. The maximum atomic E-state index is 12.0. The normalized spacial score (nSPS) is 11.8. The fourth-order valence-corrected chi connectivity index (χ4v) is 3.04. The summed E-state index contributed by atoms with van der Waals surface area (Å²) in [7, 11) is -2.09. The fraction of sp³-hybridized carbons (Fsp3) is 0.250. The lowest BCUT2D eigenvalue weighted by molar-refractivity contribution is 0.193. The Hall–Kier alpha value is -2.06. The number of sulfone groups is 1. The van der Waals surface area contributed by atoms with Crippen LogP contribution in [0, 0.1) is 0 Å². The zero-order chi connectivity index (χ0) is 14.9. The van der Waals surface area contributed by atoms with Crippen LogP contribution >= 0.6 is 0 Å². The lowest BCUT2D eigenvalue weighted by Crippen LogP contribution is -2.11. The Balaban J connectivity index is 2.52. The number of aromatic nitrogens is 1. The lowest BCUT2D eigenvalue weighted by atomic mass is 10.2. The molecule has 0 aliphatic heterocycles. The fourth-order valence-electron chi connectivity index (χ4n) is 1.83. The molecular formula is C12H13NO6S. The van der Waals surface area contributed by atoms with Gasteiger partial charge in [-0.1, -0.05) is 0 Å². The van der Waals surface area contributed by atoms with Gasteiger partial charge < -0.3 is 14.9 Å². The van der Waals surface area contributed by atoms with Crippen LogP contribution in [0.15, 0.2) is 29.3 Å². The number of aromatic hydroxyl groups is 1. The van der Waals surface area contributed by atoms with Gasteiger partial charge in [0.25, 0.3) is 0 Å². The molecule has 0 radical (unpaired) electrons. The van der Waals surface area contributed by atoms with E-state index in [1.807, 2.05) is 0 Å². The van der Waals surface area contributed by atoms with Crippen LogP contribution in [0.4, 0.5) is 4.79 Å². The quantitative estimate of drug-likeness (QED) is 0.881. The Kier molecular flexibility index (Phi) is 3.69. The summed E-state index contributed by atoms with van der Waals surface area (Å²) in [6.07, 6.45) is -0.176. The monoisotopic (exact) mass is 299 g/mol. The van der Waals surface area contributed by atoms with Gasteiger partial charge in [0.05, 0.1) is 17.3 Å². The number of hydrogen-bond acceptors (Lipinski definition) is 5. The van der Waals surface area contributed by atoms with E-state index < -0.39 is 21.8 Å². The van der Waals surface area contributed by atoms with Crippen LogP contribution in [-0.4, -0.2) is 48.8 Å². The maximum absolute atomic E-state index is 12.0. The number of carboxylic acid groups (broad SMARTS) is 1. The summed E-state index contributed by atoms with van der Waals surface area (Å²) in [5.41, 5.74) is 0. The lowest BCUT2D eigenvalue weighted by Gasteiger charge is -2.03. The van der Waals surface area contributed by atoms with Crippen LogP contribution in [-0.2, 0) is 14.6 Å². The molecule has 0 saturated carbocycles. The van der Waals surface area contributed by atoms with Crippen molar-refractivity contribution in [2.45, 2.75) is 4.90 Å². The van der Waals surface area contributed by atoms with Crippen LogP contribution in [0.2, 0.25) is 0 Å². The Morgan fingerprint density at radius 2 is 2.10 bits per heavy atom. The summed E-state index contributed by atoms with van der Waals surface area (Å²) in [4.78, 5) is 10.9. The Labute approximate surface area is 114 Å². The van der Waals surface area contributed by atoms with Crippen LogP contribution in [0.1, 0.15) is 0 Å².